The number of hydrogen-bond acceptors (Lipinski definition) is 3. The molecule has 1 aliphatic rings. The van der Waals surface area contributed by atoms with Gasteiger partial charge in [-0.2, -0.15) is 0 Å². The fourth-order valence-corrected chi connectivity index (χ4v) is 2.39. The smallest absolute Gasteiger partial charge is 0.0946 e. The Hall–Kier alpha value is -0.870. The van der Waals surface area contributed by atoms with Crippen LogP contribution in [0.2, 0.25) is 0 Å². The van der Waals surface area contributed by atoms with Crippen LogP contribution in [0.25, 0.3) is 0 Å². The van der Waals surface area contributed by atoms with Crippen molar-refractivity contribution in [2.75, 3.05) is 26.2 Å². The monoisotopic (exact) mass is 222 g/mol. The molecule has 1 aliphatic heterocycles. The maximum atomic E-state index is 4.06. The highest BCUT2D eigenvalue weighted by molar-refractivity contribution is 4.79. The third-order valence-electron chi connectivity index (χ3n) is 3.23. The Morgan fingerprint density at radius 3 is 3.12 bits per heavy atom. The van der Waals surface area contributed by atoms with Crippen molar-refractivity contribution in [1.29, 1.82) is 0 Å². The molecule has 1 fully saturated rings. The highest BCUT2D eigenvalue weighted by Crippen LogP contribution is 2.09. The summed E-state index contributed by atoms with van der Waals surface area (Å²) in [6, 6.07) is 0.696. The number of piperidine rings is 1. The number of nitrogens with zero attached hydrogens (tertiary/aromatic N) is 3. The summed E-state index contributed by atoms with van der Waals surface area (Å²) in [6.45, 7) is 7.90. The van der Waals surface area contributed by atoms with E-state index >= 15 is 0 Å². The second kappa shape index (κ2) is 6.01. The Balaban J connectivity index is 1.72. The second-order valence-electron chi connectivity index (χ2n) is 4.50. The number of nitrogens with one attached hydrogen (secondary N) is 1. The van der Waals surface area contributed by atoms with Crippen LogP contribution < -0.4 is 5.32 Å². The van der Waals surface area contributed by atoms with E-state index in [1.54, 1.807) is 0 Å². The molecule has 4 heteroatoms. The molecular weight excluding hydrogens is 200 g/mol. The number of hydrogen-bond donors (Lipinski definition) is 1. The Kier molecular flexibility index (Phi) is 4.36. The van der Waals surface area contributed by atoms with Crippen LogP contribution in [0.1, 0.15) is 19.8 Å². The van der Waals surface area contributed by atoms with Crippen LogP contribution >= 0.6 is 0 Å². The lowest BCUT2D eigenvalue weighted by molar-refractivity contribution is 0.186. The SMILES string of the molecule is CCNC1CCCN(CCn2ccnc2)C1. The molecule has 0 radical (unpaired) electrons. The first kappa shape index (κ1) is 11.6. The molecule has 16 heavy (non-hydrogen) atoms. The zero-order valence-electron chi connectivity index (χ0n) is 10.1. The minimum atomic E-state index is 0.696. The van der Waals surface area contributed by atoms with Crippen molar-refractivity contribution in [3.63, 3.8) is 0 Å². The number of aromatic nitrogens is 2. The molecule has 0 spiro atoms. The van der Waals surface area contributed by atoms with Crippen LogP contribution in [0.5, 0.6) is 0 Å². The summed E-state index contributed by atoms with van der Waals surface area (Å²) >= 11 is 0. The summed E-state index contributed by atoms with van der Waals surface area (Å²) < 4.78 is 2.15. The van der Waals surface area contributed by atoms with Gasteiger partial charge in [0.15, 0.2) is 0 Å². The van der Waals surface area contributed by atoms with Crippen molar-refractivity contribution in [3.05, 3.63) is 18.7 Å². The van der Waals surface area contributed by atoms with Crippen LogP contribution in [0.3, 0.4) is 0 Å². The molecule has 4 nitrogen and oxygen atoms in total. The van der Waals surface area contributed by atoms with Crippen LogP contribution in [0.15, 0.2) is 18.7 Å². The lowest BCUT2D eigenvalue weighted by atomic mass is 10.1. The molecule has 0 aromatic carbocycles. The van der Waals surface area contributed by atoms with E-state index in [9.17, 15) is 0 Å². The molecular formula is C12H22N4. The van der Waals surface area contributed by atoms with E-state index in [2.05, 4.69) is 26.7 Å². The molecule has 0 amide bonds. The zero-order valence-corrected chi connectivity index (χ0v) is 10.1. The number of likely N-dealkylation sites (N-methyl/N-ethyl adjacent to an activating group) is 1. The molecule has 2 heterocycles. The third-order valence-corrected chi connectivity index (χ3v) is 3.23. The molecule has 0 bridgehead atoms. The fraction of sp³-hybridized carbons (Fsp3) is 0.750. The molecule has 0 saturated carbocycles. The summed E-state index contributed by atoms with van der Waals surface area (Å²) in [5.74, 6) is 0. The summed E-state index contributed by atoms with van der Waals surface area (Å²) in [5.41, 5.74) is 0. The largest absolute Gasteiger partial charge is 0.336 e. The van der Waals surface area contributed by atoms with Crippen molar-refractivity contribution in [1.82, 2.24) is 19.8 Å². The normalized spacial score (nSPS) is 22.4. The van der Waals surface area contributed by atoms with Crippen molar-refractivity contribution in [2.45, 2.75) is 32.4 Å². The van der Waals surface area contributed by atoms with Gasteiger partial charge in [-0.25, -0.2) is 4.98 Å². The number of rotatable bonds is 5. The van der Waals surface area contributed by atoms with E-state index in [0.29, 0.717) is 6.04 Å². The minimum absolute atomic E-state index is 0.696. The first-order chi connectivity index (χ1) is 7.88. The summed E-state index contributed by atoms with van der Waals surface area (Å²) in [4.78, 5) is 6.61. The Labute approximate surface area is 97.7 Å². The first-order valence-corrected chi connectivity index (χ1v) is 6.30. The lowest BCUT2D eigenvalue weighted by Crippen LogP contribution is -2.46. The van der Waals surface area contributed by atoms with Crippen LogP contribution in [-0.2, 0) is 6.54 Å². The third kappa shape index (κ3) is 3.32. The average Bonchev–Trinajstić information content (AvgIpc) is 2.80. The molecule has 1 saturated heterocycles. The van der Waals surface area contributed by atoms with Gasteiger partial charge in [0.1, 0.15) is 0 Å². The van der Waals surface area contributed by atoms with Crippen molar-refractivity contribution < 1.29 is 0 Å². The Bertz CT molecular complexity index is 281. The van der Waals surface area contributed by atoms with Gasteiger partial charge in [0, 0.05) is 38.1 Å². The topological polar surface area (TPSA) is 33.1 Å². The van der Waals surface area contributed by atoms with Gasteiger partial charge in [0.2, 0.25) is 0 Å². The van der Waals surface area contributed by atoms with Crippen LogP contribution in [0.4, 0.5) is 0 Å². The van der Waals surface area contributed by atoms with E-state index in [-0.39, 0.29) is 0 Å². The van der Waals surface area contributed by atoms with E-state index < -0.39 is 0 Å². The maximum absolute atomic E-state index is 4.06. The summed E-state index contributed by atoms with van der Waals surface area (Å²) in [7, 11) is 0. The van der Waals surface area contributed by atoms with Crippen LogP contribution in [-0.4, -0.2) is 46.7 Å². The predicted molar refractivity (Wildman–Crippen MR) is 65.4 cm³/mol. The van der Waals surface area contributed by atoms with Gasteiger partial charge < -0.3 is 14.8 Å². The van der Waals surface area contributed by atoms with Gasteiger partial charge in [0.25, 0.3) is 0 Å². The minimum Gasteiger partial charge on any atom is -0.336 e. The Morgan fingerprint density at radius 2 is 2.38 bits per heavy atom. The molecule has 0 aliphatic carbocycles. The van der Waals surface area contributed by atoms with E-state index in [1.165, 1.54) is 25.9 Å². The zero-order chi connectivity index (χ0) is 11.2. The van der Waals surface area contributed by atoms with Crippen molar-refractivity contribution in [3.8, 4) is 0 Å². The van der Waals surface area contributed by atoms with Gasteiger partial charge in [-0.05, 0) is 25.9 Å². The molecule has 1 aromatic heterocycles. The first-order valence-electron chi connectivity index (χ1n) is 6.30. The molecule has 1 N–H and O–H groups in total. The average molecular weight is 222 g/mol. The van der Waals surface area contributed by atoms with Gasteiger partial charge in [-0.15, -0.1) is 0 Å². The maximum Gasteiger partial charge on any atom is 0.0946 e. The van der Waals surface area contributed by atoms with Crippen molar-refractivity contribution >= 4 is 0 Å². The van der Waals surface area contributed by atoms with Gasteiger partial charge in [-0.1, -0.05) is 6.92 Å². The molecule has 90 valence electrons. The van der Waals surface area contributed by atoms with Crippen molar-refractivity contribution in [2.24, 2.45) is 0 Å². The number of imidazole rings is 1. The van der Waals surface area contributed by atoms with Gasteiger partial charge in [-0.3, -0.25) is 0 Å². The predicted octanol–water partition coefficient (Wildman–Crippen LogP) is 0.957. The fourth-order valence-electron chi connectivity index (χ4n) is 2.39. The standard InChI is InChI=1S/C12H22N4/c1-2-14-12-4-3-6-15(10-12)8-9-16-7-5-13-11-16/h5,7,11-12,14H,2-4,6,8-10H2,1H3. The molecule has 1 aromatic rings. The summed E-state index contributed by atoms with van der Waals surface area (Å²) in [5, 5.41) is 3.55. The van der Waals surface area contributed by atoms with Gasteiger partial charge >= 0.3 is 0 Å². The number of likely N-dealkylation sites (tertiary alicyclic amines) is 1. The van der Waals surface area contributed by atoms with E-state index in [4.69, 9.17) is 0 Å². The Morgan fingerprint density at radius 1 is 1.44 bits per heavy atom. The van der Waals surface area contributed by atoms with E-state index in [0.717, 1.165) is 19.6 Å². The van der Waals surface area contributed by atoms with E-state index in [1.807, 2.05) is 18.7 Å². The van der Waals surface area contributed by atoms with Gasteiger partial charge in [0.05, 0.1) is 6.33 Å². The second-order valence-corrected chi connectivity index (χ2v) is 4.50. The summed E-state index contributed by atoms with van der Waals surface area (Å²) in [6.07, 6.45) is 8.42. The molecule has 1 atom stereocenters. The molecule has 1 unspecified atom stereocenters. The molecule has 2 rings (SSSR count). The van der Waals surface area contributed by atoms with Crippen LogP contribution in [0, 0.1) is 0 Å². The highest BCUT2D eigenvalue weighted by atomic mass is 15.2. The quantitative estimate of drug-likeness (QED) is 0.805. The highest BCUT2D eigenvalue weighted by Gasteiger charge is 2.18. The lowest BCUT2D eigenvalue weighted by Gasteiger charge is -2.33.